The van der Waals surface area contributed by atoms with Gasteiger partial charge in [-0.15, -0.1) is 5.46 Å². The van der Waals surface area contributed by atoms with Crippen molar-refractivity contribution in [2.24, 2.45) is 0 Å². The Kier molecular flexibility index (Phi) is 10.4. The molecule has 0 spiro atoms. The number of hydrogen-bond donors (Lipinski definition) is 0. The minimum absolute atomic E-state index is 0. The molecule has 0 radical (unpaired) electrons. The summed E-state index contributed by atoms with van der Waals surface area (Å²) < 4.78 is 0. The molecule has 2 nitrogen and oxygen atoms in total. The summed E-state index contributed by atoms with van der Waals surface area (Å²) in [4.78, 5) is 0. The molecule has 0 unspecified atom stereocenters. The standard InChI is InChI=1S/C8H7BO2.2Na/c1-2-7-5-3-4-6-8(7)9(10)11;;/h2-6H,1H2;;/q-2;2*+1. The summed E-state index contributed by atoms with van der Waals surface area (Å²) in [6, 6.07) is 6.67. The molecule has 5 heteroatoms. The van der Waals surface area contributed by atoms with Crippen LogP contribution in [0.2, 0.25) is 0 Å². The van der Waals surface area contributed by atoms with Crippen molar-refractivity contribution in [3.63, 3.8) is 0 Å². The largest absolute Gasteiger partial charge is 1.00 e. The summed E-state index contributed by atoms with van der Waals surface area (Å²) in [6.07, 6.45) is 1.51. The smallest absolute Gasteiger partial charge is 0.889 e. The topological polar surface area (TPSA) is 46.1 Å². The van der Waals surface area contributed by atoms with Gasteiger partial charge in [0, 0.05) is 0 Å². The third-order valence-electron chi connectivity index (χ3n) is 1.47. The Morgan fingerprint density at radius 1 is 1.15 bits per heavy atom. The molecule has 1 aromatic carbocycles. The summed E-state index contributed by atoms with van der Waals surface area (Å²) in [5.41, 5.74) is 0.894. The number of rotatable bonds is 2. The SMILES string of the molecule is C=Cc1ccccc1B([O-])[O-].[Na+].[Na+]. The molecule has 0 aliphatic heterocycles. The summed E-state index contributed by atoms with van der Waals surface area (Å²) in [5.74, 6) is 0. The molecule has 0 aromatic heterocycles. The van der Waals surface area contributed by atoms with E-state index < -0.39 is 7.12 Å². The van der Waals surface area contributed by atoms with E-state index in [0.717, 1.165) is 0 Å². The third kappa shape index (κ3) is 4.82. The first-order valence-corrected chi connectivity index (χ1v) is 3.28. The van der Waals surface area contributed by atoms with Gasteiger partial charge in [0.15, 0.2) is 0 Å². The van der Waals surface area contributed by atoms with Crippen LogP contribution in [-0.2, 0) is 0 Å². The molecule has 0 aliphatic carbocycles. The van der Waals surface area contributed by atoms with Gasteiger partial charge in [-0.25, -0.2) is 0 Å². The van der Waals surface area contributed by atoms with E-state index in [9.17, 15) is 10.0 Å². The second-order valence-electron chi connectivity index (χ2n) is 2.16. The summed E-state index contributed by atoms with van der Waals surface area (Å²) >= 11 is 0. The summed E-state index contributed by atoms with van der Waals surface area (Å²) in [7, 11) is -1.91. The van der Waals surface area contributed by atoms with E-state index in [1.165, 1.54) is 12.1 Å². The van der Waals surface area contributed by atoms with Crippen molar-refractivity contribution in [1.82, 2.24) is 0 Å². The van der Waals surface area contributed by atoms with Crippen LogP contribution in [-0.4, -0.2) is 7.12 Å². The number of benzene rings is 1. The minimum atomic E-state index is -1.91. The Bertz CT molecular complexity index is 266. The molecule has 1 aromatic rings. The van der Waals surface area contributed by atoms with Crippen LogP contribution < -0.4 is 74.6 Å². The maximum absolute atomic E-state index is 10.5. The first-order valence-electron chi connectivity index (χ1n) is 3.28. The zero-order valence-corrected chi connectivity index (χ0v) is 12.0. The molecular formula is C8H7BNa2O2. The molecule has 0 bridgehead atoms. The molecule has 0 aliphatic rings. The molecule has 0 saturated carbocycles. The first kappa shape index (κ1) is 16.4. The Hall–Kier alpha value is 0.945. The van der Waals surface area contributed by atoms with Gasteiger partial charge in [0.05, 0.1) is 0 Å². The van der Waals surface area contributed by atoms with E-state index in [-0.39, 0.29) is 64.6 Å². The average Bonchev–Trinajstić information content (AvgIpc) is 2.04. The van der Waals surface area contributed by atoms with Crippen LogP contribution in [0.4, 0.5) is 0 Å². The van der Waals surface area contributed by atoms with E-state index in [1.807, 2.05) is 0 Å². The van der Waals surface area contributed by atoms with E-state index in [1.54, 1.807) is 18.2 Å². The van der Waals surface area contributed by atoms with Gasteiger partial charge < -0.3 is 10.0 Å². The van der Waals surface area contributed by atoms with Crippen molar-refractivity contribution in [1.29, 1.82) is 0 Å². The van der Waals surface area contributed by atoms with Gasteiger partial charge in [-0.2, -0.15) is 0 Å². The zero-order chi connectivity index (χ0) is 8.27. The van der Waals surface area contributed by atoms with E-state index >= 15 is 0 Å². The molecule has 13 heavy (non-hydrogen) atoms. The monoisotopic (exact) mass is 192 g/mol. The maximum Gasteiger partial charge on any atom is 1.00 e. The molecule has 0 fully saturated rings. The second-order valence-corrected chi connectivity index (χ2v) is 2.16. The molecule has 0 atom stereocenters. The minimum Gasteiger partial charge on any atom is -0.889 e. The van der Waals surface area contributed by atoms with Gasteiger partial charge in [0.25, 0.3) is 0 Å². The maximum atomic E-state index is 10.5. The van der Waals surface area contributed by atoms with E-state index in [0.29, 0.717) is 5.56 Å². The van der Waals surface area contributed by atoms with E-state index in [2.05, 4.69) is 6.58 Å². The fraction of sp³-hybridized carbons (Fsp3) is 0. The van der Waals surface area contributed by atoms with Gasteiger partial charge >= 0.3 is 59.1 Å². The molecule has 0 N–H and O–H groups in total. The van der Waals surface area contributed by atoms with Crippen molar-refractivity contribution >= 4 is 18.7 Å². The Labute approximate surface area is 123 Å². The van der Waals surface area contributed by atoms with Crippen molar-refractivity contribution in [2.45, 2.75) is 0 Å². The quantitative estimate of drug-likeness (QED) is 0.437. The summed E-state index contributed by atoms with van der Waals surface area (Å²) in [5, 5.41) is 21.0. The Balaban J connectivity index is 0. The van der Waals surface area contributed by atoms with Crippen molar-refractivity contribution in [3.8, 4) is 0 Å². The predicted octanol–water partition coefficient (Wildman–Crippen LogP) is -7.25. The van der Waals surface area contributed by atoms with Gasteiger partial charge in [-0.05, 0) is 5.56 Å². The predicted molar refractivity (Wildman–Crippen MR) is 41.9 cm³/mol. The Morgan fingerprint density at radius 3 is 2.08 bits per heavy atom. The van der Waals surface area contributed by atoms with Crippen LogP contribution in [0, 0.1) is 0 Å². The fourth-order valence-corrected chi connectivity index (χ4v) is 0.911. The van der Waals surface area contributed by atoms with Crippen molar-refractivity contribution in [3.05, 3.63) is 36.4 Å². The van der Waals surface area contributed by atoms with Crippen LogP contribution >= 0.6 is 0 Å². The van der Waals surface area contributed by atoms with Gasteiger partial charge in [-0.3, -0.25) is 0 Å². The fourth-order valence-electron chi connectivity index (χ4n) is 0.911. The normalized spacial score (nSPS) is 7.85. The summed E-state index contributed by atoms with van der Waals surface area (Å²) in [6.45, 7) is 3.50. The first-order chi connectivity index (χ1) is 5.25. The van der Waals surface area contributed by atoms with Gasteiger partial charge in [-0.1, -0.05) is 44.0 Å². The van der Waals surface area contributed by atoms with Crippen molar-refractivity contribution < 1.29 is 69.2 Å². The molecule has 0 amide bonds. The van der Waals surface area contributed by atoms with Crippen LogP contribution in [0.5, 0.6) is 0 Å². The van der Waals surface area contributed by atoms with Gasteiger partial charge in [0.1, 0.15) is 0 Å². The third-order valence-corrected chi connectivity index (χ3v) is 1.47. The number of hydrogen-bond acceptors (Lipinski definition) is 2. The molecular weight excluding hydrogens is 185 g/mol. The average molecular weight is 192 g/mol. The van der Waals surface area contributed by atoms with Gasteiger partial charge in [0.2, 0.25) is 0 Å². The molecule has 1 rings (SSSR count). The van der Waals surface area contributed by atoms with Crippen LogP contribution in [0.25, 0.3) is 6.08 Å². The molecule has 56 valence electrons. The van der Waals surface area contributed by atoms with E-state index in [4.69, 9.17) is 0 Å². The van der Waals surface area contributed by atoms with Crippen LogP contribution in [0.3, 0.4) is 0 Å². The second kappa shape index (κ2) is 8.27. The Morgan fingerprint density at radius 2 is 1.69 bits per heavy atom. The molecule has 0 saturated heterocycles. The zero-order valence-electron chi connectivity index (χ0n) is 7.99. The molecule has 0 heterocycles. The van der Waals surface area contributed by atoms with Crippen molar-refractivity contribution in [2.75, 3.05) is 0 Å². The van der Waals surface area contributed by atoms with Crippen LogP contribution in [0.15, 0.2) is 30.8 Å². The van der Waals surface area contributed by atoms with Crippen LogP contribution in [0.1, 0.15) is 5.56 Å².